The number of fused-ring (bicyclic) bond motifs is 1. The first-order valence-corrected chi connectivity index (χ1v) is 10.6. The number of amides is 3. The SMILES string of the molecule is CC1(C)CN(C(=O)N2CCc3cc(Cl)cc([C@@H]4CCCN4C(=O)O)c3C2)CCO1. The van der Waals surface area contributed by atoms with Crippen molar-refractivity contribution in [2.24, 2.45) is 0 Å². The smallest absolute Gasteiger partial charge is 0.407 e. The molecule has 7 nitrogen and oxygen atoms in total. The van der Waals surface area contributed by atoms with Gasteiger partial charge in [-0.3, -0.25) is 0 Å². The number of carboxylic acid groups (broad SMARTS) is 1. The Labute approximate surface area is 176 Å². The maximum atomic E-state index is 13.2. The Balaban J connectivity index is 1.60. The number of ether oxygens (including phenoxy) is 1. The van der Waals surface area contributed by atoms with Gasteiger partial charge in [0.25, 0.3) is 0 Å². The predicted octanol–water partition coefficient (Wildman–Crippen LogP) is 3.74. The van der Waals surface area contributed by atoms with Gasteiger partial charge in [-0.1, -0.05) is 11.6 Å². The number of rotatable bonds is 1. The molecule has 3 aliphatic heterocycles. The molecule has 4 rings (SSSR count). The zero-order chi connectivity index (χ0) is 20.8. The van der Waals surface area contributed by atoms with Crippen LogP contribution in [-0.4, -0.2) is 70.3 Å². The minimum Gasteiger partial charge on any atom is -0.465 e. The Hall–Kier alpha value is -1.99. The molecule has 1 aromatic rings. The van der Waals surface area contributed by atoms with Crippen LogP contribution in [0, 0.1) is 0 Å². The molecule has 0 saturated carbocycles. The number of hydrogen-bond acceptors (Lipinski definition) is 3. The summed E-state index contributed by atoms with van der Waals surface area (Å²) in [4.78, 5) is 30.1. The Kier molecular flexibility index (Phi) is 5.38. The van der Waals surface area contributed by atoms with Crippen LogP contribution in [0.1, 0.15) is 49.4 Å². The second-order valence-electron chi connectivity index (χ2n) is 8.75. The summed E-state index contributed by atoms with van der Waals surface area (Å²) in [5.41, 5.74) is 2.79. The average Bonchev–Trinajstić information content (AvgIpc) is 3.15. The molecule has 3 aliphatic rings. The standard InChI is InChI=1S/C21H28ClN3O4/c1-21(2)13-24(8-9-29-21)19(26)23-7-5-14-10-15(22)11-16(17(14)12-23)18-4-3-6-25(18)20(27)28/h10-11,18H,3-9,12-13H2,1-2H3,(H,27,28)/t18-/m0/s1. The lowest BCUT2D eigenvalue weighted by Crippen LogP contribution is -2.55. The fourth-order valence-corrected chi connectivity index (χ4v) is 5.07. The lowest BCUT2D eigenvalue weighted by Gasteiger charge is -2.41. The monoisotopic (exact) mass is 421 g/mol. The number of carbonyl (C=O) groups is 2. The van der Waals surface area contributed by atoms with Crippen LogP contribution in [0.5, 0.6) is 0 Å². The molecule has 1 aromatic carbocycles. The summed E-state index contributed by atoms with van der Waals surface area (Å²) in [5.74, 6) is 0. The Morgan fingerprint density at radius 3 is 2.72 bits per heavy atom. The zero-order valence-electron chi connectivity index (χ0n) is 17.0. The van der Waals surface area contributed by atoms with Gasteiger partial charge in [0.05, 0.1) is 24.8 Å². The summed E-state index contributed by atoms with van der Waals surface area (Å²) in [7, 11) is 0. The van der Waals surface area contributed by atoms with Crippen LogP contribution in [-0.2, 0) is 17.7 Å². The molecule has 3 amide bonds. The quantitative estimate of drug-likeness (QED) is 0.749. The molecule has 1 N–H and O–H groups in total. The molecular formula is C21H28ClN3O4. The molecular weight excluding hydrogens is 394 g/mol. The molecule has 0 spiro atoms. The normalized spacial score (nSPS) is 23.8. The number of nitrogens with zero attached hydrogens (tertiary/aromatic N) is 3. The van der Waals surface area contributed by atoms with Crippen molar-refractivity contribution in [1.29, 1.82) is 0 Å². The maximum Gasteiger partial charge on any atom is 0.407 e. The van der Waals surface area contributed by atoms with Gasteiger partial charge < -0.3 is 24.5 Å². The van der Waals surface area contributed by atoms with E-state index < -0.39 is 6.09 Å². The van der Waals surface area contributed by atoms with Crippen molar-refractivity contribution >= 4 is 23.7 Å². The molecule has 3 heterocycles. The maximum absolute atomic E-state index is 13.2. The molecule has 2 fully saturated rings. The highest BCUT2D eigenvalue weighted by Crippen LogP contribution is 2.38. The van der Waals surface area contributed by atoms with Crippen molar-refractivity contribution in [3.05, 3.63) is 33.8 Å². The summed E-state index contributed by atoms with van der Waals surface area (Å²) in [6.45, 7) is 7.36. The fourth-order valence-electron chi connectivity index (χ4n) is 4.82. The second-order valence-corrected chi connectivity index (χ2v) is 9.19. The van der Waals surface area contributed by atoms with Crippen molar-refractivity contribution in [3.63, 3.8) is 0 Å². The van der Waals surface area contributed by atoms with Crippen molar-refractivity contribution in [1.82, 2.24) is 14.7 Å². The third-order valence-corrected chi connectivity index (χ3v) is 6.38. The number of benzene rings is 1. The van der Waals surface area contributed by atoms with E-state index in [0.717, 1.165) is 36.0 Å². The van der Waals surface area contributed by atoms with E-state index in [4.69, 9.17) is 16.3 Å². The molecule has 8 heteroatoms. The van der Waals surface area contributed by atoms with Gasteiger partial charge >= 0.3 is 12.1 Å². The van der Waals surface area contributed by atoms with Gasteiger partial charge in [-0.2, -0.15) is 0 Å². The van der Waals surface area contributed by atoms with E-state index >= 15 is 0 Å². The minimum absolute atomic E-state index is 0.0226. The van der Waals surface area contributed by atoms with Gasteiger partial charge in [-0.15, -0.1) is 0 Å². The van der Waals surface area contributed by atoms with Crippen LogP contribution in [0.25, 0.3) is 0 Å². The zero-order valence-corrected chi connectivity index (χ0v) is 17.7. The van der Waals surface area contributed by atoms with E-state index in [-0.39, 0.29) is 17.7 Å². The third kappa shape index (κ3) is 4.03. The highest BCUT2D eigenvalue weighted by Gasteiger charge is 2.36. The molecule has 29 heavy (non-hydrogen) atoms. The summed E-state index contributed by atoms with van der Waals surface area (Å²) < 4.78 is 5.74. The van der Waals surface area contributed by atoms with Gasteiger partial charge in [0.2, 0.25) is 0 Å². The van der Waals surface area contributed by atoms with Gasteiger partial charge in [0, 0.05) is 31.2 Å². The third-order valence-electron chi connectivity index (χ3n) is 6.17. The van der Waals surface area contributed by atoms with Crippen LogP contribution in [0.15, 0.2) is 12.1 Å². The summed E-state index contributed by atoms with van der Waals surface area (Å²) in [6, 6.07) is 3.67. The highest BCUT2D eigenvalue weighted by atomic mass is 35.5. The van der Waals surface area contributed by atoms with Crippen LogP contribution < -0.4 is 0 Å². The lowest BCUT2D eigenvalue weighted by atomic mass is 9.90. The van der Waals surface area contributed by atoms with E-state index in [1.165, 1.54) is 4.90 Å². The number of carbonyl (C=O) groups excluding carboxylic acids is 1. The van der Waals surface area contributed by atoms with E-state index in [2.05, 4.69) is 0 Å². The Morgan fingerprint density at radius 1 is 1.21 bits per heavy atom. The van der Waals surface area contributed by atoms with E-state index in [0.29, 0.717) is 44.4 Å². The van der Waals surface area contributed by atoms with Gasteiger partial charge in [0.1, 0.15) is 0 Å². The van der Waals surface area contributed by atoms with Crippen LogP contribution >= 0.6 is 11.6 Å². The predicted molar refractivity (Wildman–Crippen MR) is 109 cm³/mol. The largest absolute Gasteiger partial charge is 0.465 e. The van der Waals surface area contributed by atoms with Crippen LogP contribution in [0.4, 0.5) is 9.59 Å². The second kappa shape index (κ2) is 7.69. The van der Waals surface area contributed by atoms with Gasteiger partial charge in [-0.05, 0) is 61.9 Å². The number of likely N-dealkylation sites (tertiary alicyclic amines) is 1. The van der Waals surface area contributed by atoms with Crippen molar-refractivity contribution in [3.8, 4) is 0 Å². The van der Waals surface area contributed by atoms with Crippen molar-refractivity contribution < 1.29 is 19.4 Å². The van der Waals surface area contributed by atoms with Gasteiger partial charge in [0.15, 0.2) is 0 Å². The first kappa shape index (κ1) is 20.3. The number of urea groups is 1. The summed E-state index contributed by atoms with van der Waals surface area (Å²) >= 11 is 6.37. The van der Waals surface area contributed by atoms with Crippen molar-refractivity contribution in [2.75, 3.05) is 32.8 Å². The summed E-state index contributed by atoms with van der Waals surface area (Å²) in [6.07, 6.45) is 1.44. The van der Waals surface area contributed by atoms with Gasteiger partial charge in [-0.25, -0.2) is 9.59 Å². The van der Waals surface area contributed by atoms with Crippen molar-refractivity contribution in [2.45, 2.75) is 51.3 Å². The van der Waals surface area contributed by atoms with Crippen LogP contribution in [0.2, 0.25) is 5.02 Å². The molecule has 1 atom stereocenters. The van der Waals surface area contributed by atoms with E-state index in [9.17, 15) is 14.7 Å². The minimum atomic E-state index is -0.902. The molecule has 0 unspecified atom stereocenters. The lowest BCUT2D eigenvalue weighted by molar-refractivity contribution is -0.0767. The topological polar surface area (TPSA) is 73.3 Å². The van der Waals surface area contributed by atoms with E-state index in [1.807, 2.05) is 35.8 Å². The molecule has 158 valence electrons. The molecule has 0 aliphatic carbocycles. The molecule has 2 saturated heterocycles. The first-order chi connectivity index (χ1) is 13.7. The van der Waals surface area contributed by atoms with Crippen LogP contribution in [0.3, 0.4) is 0 Å². The highest BCUT2D eigenvalue weighted by molar-refractivity contribution is 6.30. The fraction of sp³-hybridized carbons (Fsp3) is 0.619. The first-order valence-electron chi connectivity index (χ1n) is 10.2. The summed E-state index contributed by atoms with van der Waals surface area (Å²) in [5, 5.41) is 10.2. The number of halogens is 1. The molecule has 0 aromatic heterocycles. The van der Waals surface area contributed by atoms with E-state index in [1.54, 1.807) is 0 Å². The Bertz CT molecular complexity index is 828. The average molecular weight is 422 g/mol. The number of hydrogen-bond donors (Lipinski definition) is 1. The molecule has 0 radical (unpaired) electrons. The number of morpholine rings is 1. The Morgan fingerprint density at radius 2 is 2.00 bits per heavy atom. The molecule has 0 bridgehead atoms.